The van der Waals surface area contributed by atoms with Crippen molar-refractivity contribution in [1.82, 2.24) is 24.7 Å². The molecule has 16 heteroatoms. The van der Waals surface area contributed by atoms with E-state index in [9.17, 15) is 8.42 Å². The van der Waals surface area contributed by atoms with Crippen LogP contribution in [0.3, 0.4) is 0 Å². The maximum absolute atomic E-state index is 13.5. The quantitative estimate of drug-likeness (QED) is 0.340. The van der Waals surface area contributed by atoms with E-state index in [0.717, 1.165) is 0 Å². The zero-order valence-electron chi connectivity index (χ0n) is 21.0. The van der Waals surface area contributed by atoms with Gasteiger partial charge < -0.3 is 18.9 Å². The Bertz CT molecular complexity index is 1290. The lowest BCUT2D eigenvalue weighted by Gasteiger charge is -2.26. The fourth-order valence-electron chi connectivity index (χ4n) is 3.45. The van der Waals surface area contributed by atoms with Crippen molar-refractivity contribution in [1.29, 1.82) is 0 Å². The molecular formula is C20H27B2ClN6O6S. The lowest BCUT2D eigenvalue weighted by molar-refractivity contribution is 0.0950. The second kappa shape index (κ2) is 11.0. The zero-order valence-corrected chi connectivity index (χ0v) is 22.6. The molecule has 1 aromatic carbocycles. The summed E-state index contributed by atoms with van der Waals surface area (Å²) in [7, 11) is 5.29. The molecule has 0 unspecified atom stereocenters. The maximum atomic E-state index is 13.5. The molecule has 0 spiro atoms. The van der Waals surface area contributed by atoms with Gasteiger partial charge in [-0.3, -0.25) is 9.29 Å². The molecular weight excluding hydrogens is 509 g/mol. The molecule has 2 aromatic heterocycles. The smallest absolute Gasteiger partial charge is 0.243 e. The summed E-state index contributed by atoms with van der Waals surface area (Å²) in [5, 5.41) is 6.60. The summed E-state index contributed by atoms with van der Waals surface area (Å²) in [6.45, 7) is 1.47. The van der Waals surface area contributed by atoms with Gasteiger partial charge in [0.2, 0.25) is 16.0 Å². The average Bonchev–Trinajstić information content (AvgIpc) is 3.28. The molecule has 0 saturated heterocycles. The molecule has 0 amide bonds. The van der Waals surface area contributed by atoms with E-state index in [2.05, 4.69) is 24.9 Å². The van der Waals surface area contributed by atoms with Crippen LogP contribution in [0.2, 0.25) is 5.02 Å². The van der Waals surface area contributed by atoms with Crippen molar-refractivity contribution in [2.75, 3.05) is 33.2 Å². The molecule has 0 aliphatic heterocycles. The second-order valence-electron chi connectivity index (χ2n) is 8.18. The van der Waals surface area contributed by atoms with Crippen LogP contribution in [0.25, 0.3) is 5.69 Å². The highest BCUT2D eigenvalue weighted by Crippen LogP contribution is 2.37. The largest absolute Gasteiger partial charge is 0.494 e. The predicted octanol–water partition coefficient (Wildman–Crippen LogP) is 0.269. The first-order valence-electron chi connectivity index (χ1n) is 10.7. The van der Waals surface area contributed by atoms with Gasteiger partial charge >= 0.3 is 0 Å². The minimum Gasteiger partial charge on any atom is -0.494 e. The van der Waals surface area contributed by atoms with Crippen LogP contribution in [0.1, 0.15) is 24.7 Å². The van der Waals surface area contributed by atoms with Crippen LogP contribution in [0.5, 0.6) is 11.5 Å². The summed E-state index contributed by atoms with van der Waals surface area (Å²) in [5.74, 6) is 1.17. The number of halogens is 1. The molecule has 0 aliphatic carbocycles. The second-order valence-corrected chi connectivity index (χ2v) is 10.7. The SMILES string of the molecule is BC(B)(OC)c1nnc(NS(=O)(=O)[C@@H](C)[C@H](OC)c2ncc(Cl)cn2)n1-c1c(OC)cccc1OC. The van der Waals surface area contributed by atoms with Gasteiger partial charge in [-0.15, -0.1) is 10.2 Å². The van der Waals surface area contributed by atoms with Crippen molar-refractivity contribution in [3.63, 3.8) is 0 Å². The van der Waals surface area contributed by atoms with Gasteiger partial charge in [-0.2, -0.15) is 0 Å². The number of methoxy groups -OCH3 is 4. The Morgan fingerprint density at radius 1 is 1.06 bits per heavy atom. The van der Waals surface area contributed by atoms with Crippen LogP contribution in [0.15, 0.2) is 30.6 Å². The first-order chi connectivity index (χ1) is 17.0. The monoisotopic (exact) mass is 536 g/mol. The minimum absolute atomic E-state index is 0.100. The first-order valence-corrected chi connectivity index (χ1v) is 12.7. The number of rotatable bonds is 11. The molecule has 0 saturated carbocycles. The number of para-hydroxylation sites is 1. The number of benzene rings is 1. The van der Waals surface area contributed by atoms with E-state index in [1.807, 2.05) is 0 Å². The highest BCUT2D eigenvalue weighted by molar-refractivity contribution is 7.93. The average molecular weight is 537 g/mol. The van der Waals surface area contributed by atoms with Crippen LogP contribution in [-0.2, 0) is 24.9 Å². The van der Waals surface area contributed by atoms with Gasteiger partial charge in [-0.05, 0) is 19.1 Å². The topological polar surface area (TPSA) is 140 Å². The van der Waals surface area contributed by atoms with Crippen molar-refractivity contribution in [2.24, 2.45) is 0 Å². The van der Waals surface area contributed by atoms with Gasteiger partial charge in [0.25, 0.3) is 0 Å². The standard InChI is InChI=1S/C20H27B2ClN6O6S/c1-11(16(34-4)17-24-9-12(23)10-25-17)36(30,31)28-19-27-26-18(20(21,22)35-5)29(19)15-13(32-2)7-6-8-14(15)33-3/h6-11,16H,21-22H2,1-5H3,(H,27,28)/t11-,16-/m0/s1. The zero-order chi connectivity index (χ0) is 26.7. The van der Waals surface area contributed by atoms with E-state index >= 15 is 0 Å². The molecule has 3 rings (SSSR count). The normalized spacial score (nSPS) is 13.7. The molecule has 0 fully saturated rings. The molecule has 3 aromatic rings. The molecule has 36 heavy (non-hydrogen) atoms. The van der Waals surface area contributed by atoms with E-state index in [1.165, 1.54) is 52.3 Å². The fourth-order valence-corrected chi connectivity index (χ4v) is 4.68. The van der Waals surface area contributed by atoms with Gasteiger partial charge in [-0.1, -0.05) is 17.7 Å². The summed E-state index contributed by atoms with van der Waals surface area (Å²) >= 11 is 5.87. The van der Waals surface area contributed by atoms with Crippen molar-refractivity contribution >= 4 is 43.3 Å². The number of nitrogens with zero attached hydrogens (tertiary/aromatic N) is 5. The Morgan fingerprint density at radius 3 is 2.14 bits per heavy atom. The van der Waals surface area contributed by atoms with Crippen molar-refractivity contribution < 1.29 is 27.4 Å². The maximum Gasteiger partial charge on any atom is 0.243 e. The summed E-state index contributed by atoms with van der Waals surface area (Å²) in [4.78, 5) is 8.21. The van der Waals surface area contributed by atoms with Crippen molar-refractivity contribution in [3.05, 3.63) is 47.3 Å². The fraction of sp³-hybridized carbons (Fsp3) is 0.400. The summed E-state index contributed by atoms with van der Waals surface area (Å²) < 4.78 is 53.2. The summed E-state index contributed by atoms with van der Waals surface area (Å²) in [6, 6.07) is 5.16. The van der Waals surface area contributed by atoms with Gasteiger partial charge in [0, 0.05) is 26.6 Å². The molecule has 0 radical (unpaired) electrons. The number of sulfonamides is 1. The van der Waals surface area contributed by atoms with Crippen LogP contribution < -0.4 is 14.2 Å². The molecule has 2 atom stereocenters. The number of hydrogen-bond donors (Lipinski definition) is 1. The third-order valence-corrected chi connectivity index (χ3v) is 7.52. The molecule has 0 bridgehead atoms. The molecule has 1 N–H and O–H groups in total. The number of ether oxygens (including phenoxy) is 4. The van der Waals surface area contributed by atoms with Crippen LogP contribution in [0, 0.1) is 0 Å². The van der Waals surface area contributed by atoms with Gasteiger partial charge in [-0.25, -0.2) is 18.4 Å². The molecule has 0 aliphatic rings. The number of aromatic nitrogens is 5. The van der Waals surface area contributed by atoms with E-state index < -0.39 is 26.8 Å². The lowest BCUT2D eigenvalue weighted by atomic mass is 9.64. The number of anilines is 1. The van der Waals surface area contributed by atoms with E-state index in [4.69, 9.17) is 30.5 Å². The Hall–Kier alpha value is -2.87. The Labute approximate surface area is 216 Å². The van der Waals surface area contributed by atoms with E-state index in [0.29, 0.717) is 28.0 Å². The third kappa shape index (κ3) is 5.43. The van der Waals surface area contributed by atoms with Crippen molar-refractivity contribution in [2.45, 2.75) is 23.7 Å². The molecule has 12 nitrogen and oxygen atoms in total. The summed E-state index contributed by atoms with van der Waals surface area (Å²) in [6.07, 6.45) is 1.74. The van der Waals surface area contributed by atoms with Crippen molar-refractivity contribution in [3.8, 4) is 17.2 Å². The molecule has 2 heterocycles. The highest BCUT2D eigenvalue weighted by Gasteiger charge is 2.37. The van der Waals surface area contributed by atoms with Crippen LogP contribution >= 0.6 is 11.6 Å². The van der Waals surface area contributed by atoms with Gasteiger partial charge in [0.15, 0.2) is 11.6 Å². The minimum atomic E-state index is -4.13. The lowest BCUT2D eigenvalue weighted by Crippen LogP contribution is -2.35. The predicted molar refractivity (Wildman–Crippen MR) is 139 cm³/mol. The Morgan fingerprint density at radius 2 is 1.64 bits per heavy atom. The third-order valence-electron chi connectivity index (χ3n) is 5.64. The van der Waals surface area contributed by atoms with Crippen LogP contribution in [-0.4, -0.2) is 82.5 Å². The first kappa shape index (κ1) is 27.7. The van der Waals surface area contributed by atoms with E-state index in [1.54, 1.807) is 33.9 Å². The number of nitrogens with one attached hydrogen (secondary N) is 1. The Balaban J connectivity index is 2.14. The van der Waals surface area contributed by atoms with E-state index in [-0.39, 0.29) is 11.8 Å². The van der Waals surface area contributed by atoms with Gasteiger partial charge in [0.05, 0.1) is 24.6 Å². The molecule has 192 valence electrons. The Kier molecular flexibility index (Phi) is 8.49. The highest BCUT2D eigenvalue weighted by atomic mass is 35.5. The number of hydrogen-bond acceptors (Lipinski definition) is 10. The summed E-state index contributed by atoms with van der Waals surface area (Å²) in [5.41, 5.74) is 0.391. The van der Waals surface area contributed by atoms with Crippen LogP contribution in [0.4, 0.5) is 5.95 Å². The van der Waals surface area contributed by atoms with Gasteiger partial charge in [0.1, 0.15) is 44.2 Å².